The van der Waals surface area contributed by atoms with Crippen LogP contribution in [0.25, 0.3) is 0 Å². The van der Waals surface area contributed by atoms with E-state index in [-0.39, 0.29) is 36.2 Å². The first kappa shape index (κ1) is 20.0. The number of carbonyl (C=O) groups is 1. The number of hydrogen-bond donors (Lipinski definition) is 2. The molecule has 25 heavy (non-hydrogen) atoms. The maximum Gasteiger partial charge on any atom is 0.416 e. The predicted octanol–water partition coefficient (Wildman–Crippen LogP) is 4.36. The molecule has 0 aromatic heterocycles. The molecule has 2 saturated carbocycles. The summed E-state index contributed by atoms with van der Waals surface area (Å²) in [6, 6.07) is 2.12. The van der Waals surface area contributed by atoms with Crippen LogP contribution in [0.5, 0.6) is 0 Å². The van der Waals surface area contributed by atoms with E-state index in [1.165, 1.54) is 0 Å². The lowest BCUT2D eigenvalue weighted by atomic mass is 9.65. The topological polar surface area (TPSA) is 55.1 Å². The van der Waals surface area contributed by atoms with Gasteiger partial charge in [0, 0.05) is 12.0 Å². The highest BCUT2D eigenvalue weighted by Gasteiger charge is 2.40. The van der Waals surface area contributed by atoms with E-state index in [4.69, 9.17) is 5.73 Å². The number of carbonyl (C=O) groups excluding carboxylic acids is 1. The van der Waals surface area contributed by atoms with Crippen molar-refractivity contribution in [2.24, 2.45) is 23.5 Å². The summed E-state index contributed by atoms with van der Waals surface area (Å²) in [5.41, 5.74) is 4.77. The zero-order valence-corrected chi connectivity index (χ0v) is 14.3. The second-order valence-corrected chi connectivity index (χ2v) is 6.88. The number of nitrogens with one attached hydrogen (secondary N) is 1. The number of halogens is 5. The van der Waals surface area contributed by atoms with Crippen molar-refractivity contribution in [3.05, 3.63) is 29.6 Å². The molecule has 3 nitrogen and oxygen atoms in total. The number of amides is 1. The van der Waals surface area contributed by atoms with Crippen molar-refractivity contribution in [2.45, 2.75) is 44.3 Å². The lowest BCUT2D eigenvalue weighted by Crippen LogP contribution is -2.48. The number of anilines is 1. The van der Waals surface area contributed by atoms with Gasteiger partial charge >= 0.3 is 6.18 Å². The number of benzene rings is 1. The molecule has 2 bridgehead atoms. The number of alkyl halides is 3. The highest BCUT2D eigenvalue weighted by molar-refractivity contribution is 5.92. The summed E-state index contributed by atoms with van der Waals surface area (Å²) in [4.78, 5) is 12.4. The summed E-state index contributed by atoms with van der Waals surface area (Å²) >= 11 is 0. The molecule has 1 amide bonds. The second-order valence-electron chi connectivity index (χ2n) is 6.88. The summed E-state index contributed by atoms with van der Waals surface area (Å²) in [6.07, 6.45) is -0.311. The average molecular weight is 381 g/mol. The fourth-order valence-corrected chi connectivity index (χ4v) is 4.04. The molecule has 2 fully saturated rings. The van der Waals surface area contributed by atoms with E-state index < -0.39 is 29.2 Å². The molecule has 1 aromatic carbocycles. The molecule has 3 rings (SSSR count). The molecule has 2 aliphatic carbocycles. The van der Waals surface area contributed by atoms with Crippen molar-refractivity contribution in [1.82, 2.24) is 0 Å². The highest BCUT2D eigenvalue weighted by Crippen LogP contribution is 2.42. The summed E-state index contributed by atoms with van der Waals surface area (Å²) in [7, 11) is 0. The van der Waals surface area contributed by atoms with Crippen molar-refractivity contribution in [3.63, 3.8) is 0 Å². The van der Waals surface area contributed by atoms with Crippen LogP contribution in [-0.2, 0) is 11.0 Å². The number of fused-ring (bicyclic) bond motifs is 2. The minimum absolute atomic E-state index is 0. The zero-order chi connectivity index (χ0) is 17.5. The van der Waals surface area contributed by atoms with Crippen molar-refractivity contribution < 1.29 is 22.4 Å². The van der Waals surface area contributed by atoms with Crippen molar-refractivity contribution >= 4 is 24.0 Å². The van der Waals surface area contributed by atoms with Crippen LogP contribution >= 0.6 is 12.4 Å². The third-order valence-electron chi connectivity index (χ3n) is 5.34. The summed E-state index contributed by atoms with van der Waals surface area (Å²) in [6.45, 7) is 0. The first-order chi connectivity index (χ1) is 11.3. The molecule has 140 valence electrons. The van der Waals surface area contributed by atoms with Crippen LogP contribution in [0.3, 0.4) is 0 Å². The van der Waals surface area contributed by atoms with E-state index >= 15 is 0 Å². The van der Waals surface area contributed by atoms with Crippen LogP contribution in [0.1, 0.15) is 37.7 Å². The third-order valence-corrected chi connectivity index (χ3v) is 5.34. The quantitative estimate of drug-likeness (QED) is 0.749. The lowest BCUT2D eigenvalue weighted by Gasteiger charge is -2.43. The molecule has 0 radical (unpaired) electrons. The predicted molar refractivity (Wildman–Crippen MR) is 88.8 cm³/mol. The van der Waals surface area contributed by atoms with Crippen molar-refractivity contribution in [3.8, 4) is 0 Å². The van der Waals surface area contributed by atoms with Gasteiger partial charge in [-0.2, -0.15) is 13.2 Å². The largest absolute Gasteiger partial charge is 0.416 e. The van der Waals surface area contributed by atoms with Crippen molar-refractivity contribution in [1.29, 1.82) is 0 Å². The summed E-state index contributed by atoms with van der Waals surface area (Å²) in [5.74, 6) is -1.09. The number of hydrogen-bond acceptors (Lipinski definition) is 2. The Bertz CT molecular complexity index is 624. The Hall–Kier alpha value is -1.34. The Balaban J connectivity index is 0.00000225. The van der Waals surface area contributed by atoms with E-state index in [0.29, 0.717) is 25.0 Å². The molecular formula is C17H21ClF4N2O. The molecule has 0 saturated heterocycles. The molecule has 0 aliphatic heterocycles. The fourth-order valence-electron chi connectivity index (χ4n) is 4.04. The van der Waals surface area contributed by atoms with Gasteiger partial charge in [0.1, 0.15) is 5.82 Å². The van der Waals surface area contributed by atoms with Gasteiger partial charge in [0.25, 0.3) is 0 Å². The average Bonchev–Trinajstić information content (AvgIpc) is 2.48. The lowest BCUT2D eigenvalue weighted by molar-refractivity contribution is -0.137. The molecule has 8 heteroatoms. The molecule has 1 aromatic rings. The van der Waals surface area contributed by atoms with Gasteiger partial charge in [-0.25, -0.2) is 4.39 Å². The van der Waals surface area contributed by atoms with E-state index in [9.17, 15) is 22.4 Å². The molecular weight excluding hydrogens is 360 g/mol. The normalized spacial score (nSPS) is 28.8. The van der Waals surface area contributed by atoms with Gasteiger partial charge < -0.3 is 11.1 Å². The minimum atomic E-state index is -4.58. The smallest absolute Gasteiger partial charge is 0.327 e. The van der Waals surface area contributed by atoms with Crippen LogP contribution in [0.15, 0.2) is 18.2 Å². The van der Waals surface area contributed by atoms with Gasteiger partial charge in [-0.1, -0.05) is 6.42 Å². The molecule has 2 unspecified atom stereocenters. The molecule has 0 spiro atoms. The van der Waals surface area contributed by atoms with Crippen LogP contribution in [0.4, 0.5) is 23.2 Å². The highest BCUT2D eigenvalue weighted by atomic mass is 35.5. The summed E-state index contributed by atoms with van der Waals surface area (Å²) < 4.78 is 52.0. The van der Waals surface area contributed by atoms with E-state index in [0.717, 1.165) is 25.3 Å². The minimum Gasteiger partial charge on any atom is -0.327 e. The molecule has 0 heterocycles. The molecule has 2 aliphatic rings. The van der Waals surface area contributed by atoms with Gasteiger partial charge in [-0.3, -0.25) is 4.79 Å². The van der Waals surface area contributed by atoms with Gasteiger partial charge in [-0.05, 0) is 55.7 Å². The van der Waals surface area contributed by atoms with Crippen LogP contribution < -0.4 is 11.1 Å². The Morgan fingerprint density at radius 1 is 1.16 bits per heavy atom. The van der Waals surface area contributed by atoms with Crippen LogP contribution in [0.2, 0.25) is 0 Å². The van der Waals surface area contributed by atoms with Crippen LogP contribution in [0, 0.1) is 23.6 Å². The monoisotopic (exact) mass is 380 g/mol. The third kappa shape index (κ3) is 4.26. The molecule has 2 atom stereocenters. The summed E-state index contributed by atoms with van der Waals surface area (Å²) in [5, 5.41) is 2.34. The maximum atomic E-state index is 13.8. The van der Waals surface area contributed by atoms with E-state index in [1.54, 1.807) is 0 Å². The van der Waals surface area contributed by atoms with Gasteiger partial charge in [-0.15, -0.1) is 12.4 Å². The van der Waals surface area contributed by atoms with Gasteiger partial charge in [0.2, 0.25) is 5.91 Å². The fraction of sp³-hybridized carbons (Fsp3) is 0.588. The maximum absolute atomic E-state index is 13.8. The number of rotatable bonds is 2. The van der Waals surface area contributed by atoms with Gasteiger partial charge in [0.15, 0.2) is 0 Å². The SMILES string of the molecule is Cl.NC1C2CCCC1CC(C(=O)Nc1cc(C(F)(F)F)ccc1F)C2. The first-order valence-electron chi connectivity index (χ1n) is 8.19. The second kappa shape index (κ2) is 7.50. The van der Waals surface area contributed by atoms with Crippen LogP contribution in [-0.4, -0.2) is 11.9 Å². The van der Waals surface area contributed by atoms with Crippen molar-refractivity contribution in [2.75, 3.05) is 5.32 Å². The number of nitrogens with two attached hydrogens (primary N) is 1. The first-order valence-corrected chi connectivity index (χ1v) is 8.19. The zero-order valence-electron chi connectivity index (χ0n) is 13.5. The Morgan fingerprint density at radius 2 is 1.76 bits per heavy atom. The standard InChI is InChI=1S/C17H20F4N2O.ClH/c18-13-5-4-12(17(19,20)21)8-14(13)23-16(24)11-6-9-2-1-3-10(7-11)15(9)22;/h4-5,8-11,15H,1-3,6-7,22H2,(H,23,24);1H. The molecule has 3 N–H and O–H groups in total. The Morgan fingerprint density at radius 3 is 2.32 bits per heavy atom. The van der Waals surface area contributed by atoms with E-state index in [1.807, 2.05) is 0 Å². The van der Waals surface area contributed by atoms with Gasteiger partial charge in [0.05, 0.1) is 11.3 Å². The Labute approximate surface area is 149 Å². The van der Waals surface area contributed by atoms with E-state index in [2.05, 4.69) is 5.32 Å². The Kier molecular flexibility index (Phi) is 5.99.